The van der Waals surface area contributed by atoms with E-state index in [1.807, 2.05) is 48.2 Å². The number of methoxy groups -OCH3 is 1. The molecule has 1 aliphatic rings. The molecular formula is C24H27N3O5. The van der Waals surface area contributed by atoms with E-state index in [-0.39, 0.29) is 11.9 Å². The average molecular weight is 437 g/mol. The minimum absolute atomic E-state index is 0.264. The van der Waals surface area contributed by atoms with E-state index >= 15 is 0 Å². The summed E-state index contributed by atoms with van der Waals surface area (Å²) in [7, 11) is 1.54. The Morgan fingerprint density at radius 2 is 1.94 bits per heavy atom. The zero-order chi connectivity index (χ0) is 22.7. The lowest BCUT2D eigenvalue weighted by Gasteiger charge is -2.30. The number of benzene rings is 2. The number of hydrogen-bond acceptors (Lipinski definition) is 7. The van der Waals surface area contributed by atoms with Gasteiger partial charge in [-0.15, -0.1) is 0 Å². The smallest absolute Gasteiger partial charge is 0.309 e. The van der Waals surface area contributed by atoms with E-state index < -0.39 is 12.0 Å². The molecule has 0 aliphatic carbocycles. The van der Waals surface area contributed by atoms with E-state index in [1.54, 1.807) is 13.0 Å². The molecule has 32 heavy (non-hydrogen) atoms. The molecule has 1 amide bonds. The van der Waals surface area contributed by atoms with Crippen LogP contribution < -0.4 is 15.0 Å². The zero-order valence-electron chi connectivity index (χ0n) is 18.5. The van der Waals surface area contributed by atoms with E-state index in [2.05, 4.69) is 10.3 Å². The lowest BCUT2D eigenvalue weighted by atomic mass is 9.97. The number of aromatic nitrogens is 1. The van der Waals surface area contributed by atoms with E-state index in [0.29, 0.717) is 43.4 Å². The van der Waals surface area contributed by atoms with E-state index in [9.17, 15) is 9.59 Å². The fourth-order valence-electron chi connectivity index (χ4n) is 3.78. The molecule has 1 atom stereocenters. The second-order valence-corrected chi connectivity index (χ2v) is 8.00. The lowest BCUT2D eigenvalue weighted by Crippen LogP contribution is -2.39. The number of carbonyl (C=O) groups excluding carboxylic acids is 2. The van der Waals surface area contributed by atoms with Crippen molar-refractivity contribution in [1.29, 1.82) is 0 Å². The first-order valence-corrected chi connectivity index (χ1v) is 10.7. The molecule has 1 aliphatic heterocycles. The lowest BCUT2D eigenvalue weighted by molar-refractivity contribution is -0.158. The number of hydrogen-bond donors (Lipinski definition) is 1. The normalized spacial score (nSPS) is 15.4. The third-order valence-electron chi connectivity index (χ3n) is 5.66. The van der Waals surface area contributed by atoms with Crippen molar-refractivity contribution in [2.45, 2.75) is 32.8 Å². The van der Waals surface area contributed by atoms with E-state index in [1.165, 1.54) is 7.11 Å². The van der Waals surface area contributed by atoms with Gasteiger partial charge in [-0.2, -0.15) is 4.98 Å². The number of ether oxygens (including phenoxy) is 2. The summed E-state index contributed by atoms with van der Waals surface area (Å²) in [5.74, 6) is -0.472. The van der Waals surface area contributed by atoms with Crippen molar-refractivity contribution in [2.75, 3.05) is 30.4 Å². The molecule has 2 heterocycles. The molecule has 0 saturated carbocycles. The van der Waals surface area contributed by atoms with Crippen LogP contribution in [0.2, 0.25) is 0 Å². The van der Waals surface area contributed by atoms with E-state index in [4.69, 9.17) is 13.9 Å². The highest BCUT2D eigenvalue weighted by atomic mass is 16.5. The summed E-state index contributed by atoms with van der Waals surface area (Å²) in [5, 5.41) is 2.78. The summed E-state index contributed by atoms with van der Waals surface area (Å²) >= 11 is 0. The molecule has 0 bridgehead atoms. The van der Waals surface area contributed by atoms with E-state index in [0.717, 1.165) is 16.7 Å². The second-order valence-electron chi connectivity index (χ2n) is 8.00. The third-order valence-corrected chi connectivity index (χ3v) is 5.66. The van der Waals surface area contributed by atoms with Gasteiger partial charge in [0.15, 0.2) is 11.7 Å². The number of carbonyl (C=O) groups is 2. The van der Waals surface area contributed by atoms with Crippen molar-refractivity contribution in [3.05, 3.63) is 48.0 Å². The van der Waals surface area contributed by atoms with Gasteiger partial charge < -0.3 is 24.1 Å². The maximum atomic E-state index is 12.6. The van der Waals surface area contributed by atoms with Crippen LogP contribution in [-0.4, -0.2) is 43.2 Å². The first-order valence-electron chi connectivity index (χ1n) is 10.7. The molecule has 1 fully saturated rings. The van der Waals surface area contributed by atoms with Crippen LogP contribution in [0.15, 0.2) is 46.9 Å². The summed E-state index contributed by atoms with van der Waals surface area (Å²) in [4.78, 5) is 31.8. The van der Waals surface area contributed by atoms with Gasteiger partial charge in [-0.25, -0.2) is 0 Å². The maximum Gasteiger partial charge on any atom is 0.309 e. The number of para-hydroxylation sites is 2. The van der Waals surface area contributed by atoms with Crippen molar-refractivity contribution in [3.63, 3.8) is 0 Å². The molecule has 1 N–H and O–H groups in total. The van der Waals surface area contributed by atoms with Crippen LogP contribution in [0.25, 0.3) is 11.1 Å². The molecule has 8 heteroatoms. The van der Waals surface area contributed by atoms with Gasteiger partial charge in [-0.05, 0) is 56.5 Å². The molecule has 1 saturated heterocycles. The molecule has 8 nitrogen and oxygen atoms in total. The number of amides is 1. The first-order chi connectivity index (χ1) is 15.4. The molecule has 4 rings (SSSR count). The Labute approximate surface area is 186 Å². The fourth-order valence-corrected chi connectivity index (χ4v) is 3.78. The molecular weight excluding hydrogens is 410 g/mol. The van der Waals surface area contributed by atoms with Gasteiger partial charge in [0.05, 0.1) is 18.7 Å². The number of nitrogens with one attached hydrogen (secondary N) is 1. The molecule has 0 radical (unpaired) electrons. The number of rotatable bonds is 6. The maximum absolute atomic E-state index is 12.6. The largest absolute Gasteiger partial charge is 0.495 e. The topological polar surface area (TPSA) is 93.9 Å². The molecule has 168 valence electrons. The highest BCUT2D eigenvalue weighted by Gasteiger charge is 2.30. The quantitative estimate of drug-likeness (QED) is 0.584. The van der Waals surface area contributed by atoms with Crippen molar-refractivity contribution >= 4 is 34.7 Å². The Morgan fingerprint density at radius 3 is 2.66 bits per heavy atom. The Morgan fingerprint density at radius 1 is 1.19 bits per heavy atom. The van der Waals surface area contributed by atoms with Crippen LogP contribution in [0.3, 0.4) is 0 Å². The van der Waals surface area contributed by atoms with Gasteiger partial charge in [0.1, 0.15) is 11.3 Å². The van der Waals surface area contributed by atoms with Crippen LogP contribution in [0.1, 0.15) is 25.3 Å². The second kappa shape index (κ2) is 9.30. The standard InChI is InChI=1S/C24H27N3O5/c1-15-8-9-20(30-3)19(14-15)25-22(28)16(2)31-23(29)17-10-12-27(13-11-17)24-26-18-6-4-5-7-21(18)32-24/h4-9,14,16-17H,10-13H2,1-3H3,(H,25,28). The number of aryl methyl sites for hydroxylation is 1. The van der Waals surface area contributed by atoms with Gasteiger partial charge in [0.25, 0.3) is 11.9 Å². The predicted octanol–water partition coefficient (Wildman–Crippen LogP) is 3.93. The fraction of sp³-hybridized carbons (Fsp3) is 0.375. The van der Waals surface area contributed by atoms with Crippen LogP contribution in [0.4, 0.5) is 11.7 Å². The number of anilines is 2. The summed E-state index contributed by atoms with van der Waals surface area (Å²) < 4.78 is 16.6. The van der Waals surface area contributed by atoms with Gasteiger partial charge >= 0.3 is 5.97 Å². The molecule has 2 aromatic carbocycles. The molecule has 1 aromatic heterocycles. The zero-order valence-corrected chi connectivity index (χ0v) is 18.5. The van der Waals surface area contributed by atoms with Crippen molar-refractivity contribution in [3.8, 4) is 5.75 Å². The highest BCUT2D eigenvalue weighted by Crippen LogP contribution is 2.28. The number of nitrogens with zero attached hydrogens (tertiary/aromatic N) is 2. The van der Waals surface area contributed by atoms with Gasteiger partial charge in [0.2, 0.25) is 0 Å². The Hall–Kier alpha value is -3.55. The van der Waals surface area contributed by atoms with Gasteiger partial charge in [-0.3, -0.25) is 9.59 Å². The predicted molar refractivity (Wildman–Crippen MR) is 121 cm³/mol. The molecule has 1 unspecified atom stereocenters. The minimum atomic E-state index is -0.914. The summed E-state index contributed by atoms with van der Waals surface area (Å²) in [6.07, 6.45) is 0.303. The Kier molecular flexibility index (Phi) is 6.30. The SMILES string of the molecule is COc1ccc(C)cc1NC(=O)C(C)OC(=O)C1CCN(c2nc3ccccc3o2)CC1. The molecule has 0 spiro atoms. The third kappa shape index (κ3) is 4.69. The highest BCUT2D eigenvalue weighted by molar-refractivity contribution is 5.96. The van der Waals surface area contributed by atoms with Crippen LogP contribution in [-0.2, 0) is 14.3 Å². The number of esters is 1. The average Bonchev–Trinajstić information content (AvgIpc) is 3.23. The van der Waals surface area contributed by atoms with Crippen molar-refractivity contribution in [2.24, 2.45) is 5.92 Å². The summed E-state index contributed by atoms with van der Waals surface area (Å²) in [6, 6.07) is 13.7. The monoisotopic (exact) mass is 437 g/mol. The molecule has 3 aromatic rings. The number of fused-ring (bicyclic) bond motifs is 1. The summed E-state index contributed by atoms with van der Waals surface area (Å²) in [5.41, 5.74) is 3.09. The van der Waals surface area contributed by atoms with Crippen LogP contribution >= 0.6 is 0 Å². The van der Waals surface area contributed by atoms with Crippen LogP contribution in [0.5, 0.6) is 5.75 Å². The number of piperidine rings is 1. The summed E-state index contributed by atoms with van der Waals surface area (Å²) in [6.45, 7) is 4.76. The van der Waals surface area contributed by atoms with Gasteiger partial charge in [0, 0.05) is 13.1 Å². The van der Waals surface area contributed by atoms with Crippen molar-refractivity contribution in [1.82, 2.24) is 4.98 Å². The first kappa shape index (κ1) is 21.7. The van der Waals surface area contributed by atoms with Crippen LogP contribution in [0, 0.1) is 12.8 Å². The minimum Gasteiger partial charge on any atom is -0.495 e. The Balaban J connectivity index is 1.30. The van der Waals surface area contributed by atoms with Gasteiger partial charge in [-0.1, -0.05) is 18.2 Å². The Bertz CT molecular complexity index is 1080. The van der Waals surface area contributed by atoms with Crippen molar-refractivity contribution < 1.29 is 23.5 Å². The number of oxazole rings is 1.